The van der Waals surface area contributed by atoms with Crippen LogP contribution in [0.25, 0.3) is 10.8 Å². The van der Waals surface area contributed by atoms with Crippen LogP contribution in [0.1, 0.15) is 12.0 Å². The highest BCUT2D eigenvalue weighted by molar-refractivity contribution is 7.91. The second kappa shape index (κ2) is 5.68. The Balaban J connectivity index is 1.79. The maximum absolute atomic E-state index is 12.4. The SMILES string of the molecule is CN(Cc1cccc2cnccc12)C(=O)[C@H]1CCS(=O)(=O)C1. The Labute approximate surface area is 129 Å². The zero-order chi connectivity index (χ0) is 15.7. The van der Waals surface area contributed by atoms with Crippen LogP contribution in [0.3, 0.4) is 0 Å². The summed E-state index contributed by atoms with van der Waals surface area (Å²) in [5.74, 6) is -0.383. The van der Waals surface area contributed by atoms with Crippen LogP contribution < -0.4 is 0 Å². The van der Waals surface area contributed by atoms with E-state index in [2.05, 4.69) is 4.98 Å². The molecule has 116 valence electrons. The standard InChI is InChI=1S/C16H18N2O3S/c1-18(16(19)14-6-8-22(20,21)11-14)10-13-4-2-3-12-9-17-7-5-15(12)13/h2-5,7,9,14H,6,8,10-11H2,1H3/t14-/m0/s1. The van der Waals surface area contributed by atoms with Gasteiger partial charge < -0.3 is 4.90 Å². The molecule has 0 saturated carbocycles. The predicted octanol–water partition coefficient (Wildman–Crippen LogP) is 1.63. The average Bonchev–Trinajstić information content (AvgIpc) is 2.87. The van der Waals surface area contributed by atoms with Crippen molar-refractivity contribution in [2.75, 3.05) is 18.6 Å². The fourth-order valence-electron chi connectivity index (χ4n) is 2.96. The molecular formula is C16H18N2O3S. The fraction of sp³-hybridized carbons (Fsp3) is 0.375. The van der Waals surface area contributed by atoms with Crippen LogP contribution >= 0.6 is 0 Å². The van der Waals surface area contributed by atoms with Crippen LogP contribution in [0.15, 0.2) is 36.7 Å². The minimum absolute atomic E-state index is 0.0182. The van der Waals surface area contributed by atoms with Crippen molar-refractivity contribution < 1.29 is 13.2 Å². The van der Waals surface area contributed by atoms with E-state index in [0.29, 0.717) is 13.0 Å². The van der Waals surface area contributed by atoms with Gasteiger partial charge in [-0.3, -0.25) is 9.78 Å². The maximum atomic E-state index is 12.4. The number of hydrogen-bond donors (Lipinski definition) is 0. The van der Waals surface area contributed by atoms with Gasteiger partial charge in [0.2, 0.25) is 5.91 Å². The molecule has 3 rings (SSSR count). The smallest absolute Gasteiger partial charge is 0.226 e. The third-order valence-corrected chi connectivity index (χ3v) is 5.90. The number of aromatic nitrogens is 1. The predicted molar refractivity (Wildman–Crippen MR) is 85.0 cm³/mol. The first-order chi connectivity index (χ1) is 10.5. The molecule has 2 heterocycles. The van der Waals surface area contributed by atoms with Crippen LogP contribution in [0, 0.1) is 5.92 Å². The Morgan fingerprint density at radius 1 is 1.36 bits per heavy atom. The van der Waals surface area contributed by atoms with Gasteiger partial charge in [-0.05, 0) is 23.4 Å². The molecule has 0 unspecified atom stereocenters. The van der Waals surface area contributed by atoms with E-state index in [-0.39, 0.29) is 17.4 Å². The van der Waals surface area contributed by atoms with E-state index in [4.69, 9.17) is 0 Å². The van der Waals surface area contributed by atoms with E-state index in [1.54, 1.807) is 24.3 Å². The van der Waals surface area contributed by atoms with E-state index in [0.717, 1.165) is 16.3 Å². The van der Waals surface area contributed by atoms with Gasteiger partial charge in [-0.2, -0.15) is 0 Å². The summed E-state index contributed by atoms with van der Waals surface area (Å²) in [6, 6.07) is 7.84. The van der Waals surface area contributed by atoms with Crippen molar-refractivity contribution in [2.24, 2.45) is 5.92 Å². The number of fused-ring (bicyclic) bond motifs is 1. The van der Waals surface area contributed by atoms with Gasteiger partial charge in [-0.25, -0.2) is 8.42 Å². The van der Waals surface area contributed by atoms with E-state index >= 15 is 0 Å². The van der Waals surface area contributed by atoms with Crippen molar-refractivity contribution in [3.05, 3.63) is 42.2 Å². The minimum atomic E-state index is -3.04. The average molecular weight is 318 g/mol. The number of hydrogen-bond acceptors (Lipinski definition) is 4. The highest BCUT2D eigenvalue weighted by Gasteiger charge is 2.34. The molecule has 1 saturated heterocycles. The van der Waals surface area contributed by atoms with E-state index < -0.39 is 15.8 Å². The second-order valence-corrected chi connectivity index (χ2v) is 8.04. The first-order valence-electron chi connectivity index (χ1n) is 7.23. The summed E-state index contributed by atoms with van der Waals surface area (Å²) >= 11 is 0. The lowest BCUT2D eigenvalue weighted by Crippen LogP contribution is -2.33. The topological polar surface area (TPSA) is 67.3 Å². The number of sulfone groups is 1. The summed E-state index contributed by atoms with van der Waals surface area (Å²) < 4.78 is 23.0. The van der Waals surface area contributed by atoms with E-state index in [9.17, 15) is 13.2 Å². The van der Waals surface area contributed by atoms with E-state index in [1.165, 1.54) is 0 Å². The highest BCUT2D eigenvalue weighted by atomic mass is 32.2. The molecule has 6 heteroatoms. The quantitative estimate of drug-likeness (QED) is 0.862. The molecule has 1 fully saturated rings. The van der Waals surface area contributed by atoms with Crippen LogP contribution in [-0.4, -0.2) is 42.8 Å². The Bertz CT molecular complexity index is 812. The molecule has 0 aliphatic carbocycles. The summed E-state index contributed by atoms with van der Waals surface area (Å²) in [4.78, 5) is 18.1. The van der Waals surface area contributed by atoms with Gasteiger partial charge >= 0.3 is 0 Å². The molecule has 1 aliphatic rings. The third kappa shape index (κ3) is 2.97. The first kappa shape index (κ1) is 15.0. The summed E-state index contributed by atoms with van der Waals surface area (Å²) in [5.41, 5.74) is 1.04. The van der Waals surface area contributed by atoms with Crippen LogP contribution in [0.4, 0.5) is 0 Å². The molecule has 22 heavy (non-hydrogen) atoms. The fourth-order valence-corrected chi connectivity index (χ4v) is 4.69. The molecule has 2 aromatic rings. The molecule has 1 amide bonds. The number of rotatable bonds is 3. The summed E-state index contributed by atoms with van der Waals surface area (Å²) in [7, 11) is -1.31. The Morgan fingerprint density at radius 2 is 2.18 bits per heavy atom. The van der Waals surface area contributed by atoms with Gasteiger partial charge in [0.25, 0.3) is 0 Å². The van der Waals surface area contributed by atoms with Crippen molar-refractivity contribution in [3.8, 4) is 0 Å². The number of amides is 1. The van der Waals surface area contributed by atoms with Crippen molar-refractivity contribution >= 4 is 26.5 Å². The Morgan fingerprint density at radius 3 is 2.91 bits per heavy atom. The highest BCUT2D eigenvalue weighted by Crippen LogP contribution is 2.23. The van der Waals surface area contributed by atoms with Gasteiger partial charge in [-0.15, -0.1) is 0 Å². The van der Waals surface area contributed by atoms with Gasteiger partial charge in [-0.1, -0.05) is 18.2 Å². The molecule has 5 nitrogen and oxygen atoms in total. The van der Waals surface area contributed by atoms with Gasteiger partial charge in [0.15, 0.2) is 9.84 Å². The lowest BCUT2D eigenvalue weighted by Gasteiger charge is -2.21. The van der Waals surface area contributed by atoms with Gasteiger partial charge in [0.05, 0.1) is 17.4 Å². The molecular weight excluding hydrogens is 300 g/mol. The van der Waals surface area contributed by atoms with Crippen LogP contribution in [-0.2, 0) is 21.2 Å². The maximum Gasteiger partial charge on any atom is 0.226 e. The number of nitrogens with zero attached hydrogens (tertiary/aromatic N) is 2. The zero-order valence-electron chi connectivity index (χ0n) is 12.4. The molecule has 1 aliphatic heterocycles. The minimum Gasteiger partial charge on any atom is -0.341 e. The van der Waals surface area contributed by atoms with Crippen molar-refractivity contribution in [2.45, 2.75) is 13.0 Å². The Hall–Kier alpha value is -1.95. The monoisotopic (exact) mass is 318 g/mol. The molecule has 1 aromatic carbocycles. The van der Waals surface area contributed by atoms with Gasteiger partial charge in [0, 0.05) is 31.4 Å². The summed E-state index contributed by atoms with van der Waals surface area (Å²) in [6.07, 6.45) is 3.96. The largest absolute Gasteiger partial charge is 0.341 e. The number of benzene rings is 1. The number of carbonyl (C=O) groups is 1. The number of pyridine rings is 1. The molecule has 1 aromatic heterocycles. The van der Waals surface area contributed by atoms with Crippen LogP contribution in [0.5, 0.6) is 0 Å². The summed E-state index contributed by atoms with van der Waals surface area (Å²) in [6.45, 7) is 0.469. The van der Waals surface area contributed by atoms with Gasteiger partial charge in [0.1, 0.15) is 0 Å². The number of carbonyl (C=O) groups excluding carboxylic acids is 1. The van der Waals surface area contributed by atoms with Crippen molar-refractivity contribution in [3.63, 3.8) is 0 Å². The lowest BCUT2D eigenvalue weighted by atomic mass is 10.0. The first-order valence-corrected chi connectivity index (χ1v) is 9.05. The van der Waals surface area contributed by atoms with E-state index in [1.807, 2.05) is 24.3 Å². The Kier molecular flexibility index (Phi) is 3.87. The van der Waals surface area contributed by atoms with Crippen molar-refractivity contribution in [1.82, 2.24) is 9.88 Å². The molecule has 0 spiro atoms. The zero-order valence-corrected chi connectivity index (χ0v) is 13.2. The lowest BCUT2D eigenvalue weighted by molar-refractivity contribution is -0.133. The molecule has 0 radical (unpaired) electrons. The normalized spacial score (nSPS) is 20.1. The third-order valence-electron chi connectivity index (χ3n) is 4.14. The molecule has 0 bridgehead atoms. The summed E-state index contributed by atoms with van der Waals surface area (Å²) in [5, 5.41) is 2.10. The van der Waals surface area contributed by atoms with Crippen molar-refractivity contribution in [1.29, 1.82) is 0 Å². The molecule has 1 atom stereocenters. The second-order valence-electron chi connectivity index (χ2n) is 5.81. The molecule has 0 N–H and O–H groups in total. The van der Waals surface area contributed by atoms with Crippen LogP contribution in [0.2, 0.25) is 0 Å².